The average molecular weight is 430 g/mol. The van der Waals surface area contributed by atoms with E-state index >= 15 is 0 Å². The lowest BCUT2D eigenvalue weighted by atomic mass is 9.95. The van der Waals surface area contributed by atoms with Crippen LogP contribution in [0.5, 0.6) is 0 Å². The molecule has 6 nitrogen and oxygen atoms in total. The van der Waals surface area contributed by atoms with Gasteiger partial charge in [0.25, 0.3) is 5.91 Å². The number of aromatic nitrogens is 3. The van der Waals surface area contributed by atoms with Crippen LogP contribution in [0.1, 0.15) is 18.5 Å². The molecule has 0 aliphatic carbocycles. The van der Waals surface area contributed by atoms with Crippen molar-refractivity contribution in [1.29, 1.82) is 0 Å². The zero-order valence-electron chi connectivity index (χ0n) is 15.6. The zero-order chi connectivity index (χ0) is 20.5. The Hall–Kier alpha value is -2.84. The second-order valence-corrected chi connectivity index (χ2v) is 7.66. The SMILES string of the molecule is CSc1nc2n(n1)[C@H](c1ccc(Cl)cc1)C(C(=O)Nc1ccc(F)cc1)=C(C)N2. The van der Waals surface area contributed by atoms with Gasteiger partial charge in [0.15, 0.2) is 0 Å². The van der Waals surface area contributed by atoms with E-state index in [0.717, 1.165) is 5.56 Å². The topological polar surface area (TPSA) is 71.8 Å². The summed E-state index contributed by atoms with van der Waals surface area (Å²) >= 11 is 7.47. The number of thioether (sulfide) groups is 1. The number of carbonyl (C=O) groups is 1. The van der Waals surface area contributed by atoms with Crippen LogP contribution >= 0.6 is 23.4 Å². The van der Waals surface area contributed by atoms with E-state index in [1.54, 1.807) is 16.8 Å². The van der Waals surface area contributed by atoms with E-state index in [9.17, 15) is 9.18 Å². The minimum absolute atomic E-state index is 0.312. The molecule has 0 fully saturated rings. The van der Waals surface area contributed by atoms with E-state index in [1.165, 1.54) is 36.0 Å². The van der Waals surface area contributed by atoms with Gasteiger partial charge in [-0.1, -0.05) is 35.5 Å². The summed E-state index contributed by atoms with van der Waals surface area (Å²) < 4.78 is 14.9. The first kappa shape index (κ1) is 19.5. The van der Waals surface area contributed by atoms with Crippen molar-refractivity contribution in [3.63, 3.8) is 0 Å². The first-order chi connectivity index (χ1) is 14.0. The van der Waals surface area contributed by atoms with Crippen LogP contribution in [-0.2, 0) is 4.79 Å². The molecule has 0 unspecified atom stereocenters. The summed E-state index contributed by atoms with van der Waals surface area (Å²) in [6.07, 6.45) is 1.89. The van der Waals surface area contributed by atoms with Crippen molar-refractivity contribution < 1.29 is 9.18 Å². The van der Waals surface area contributed by atoms with Crippen LogP contribution in [0.15, 0.2) is 65.0 Å². The van der Waals surface area contributed by atoms with Crippen LogP contribution in [-0.4, -0.2) is 26.9 Å². The summed E-state index contributed by atoms with van der Waals surface area (Å²) in [4.78, 5) is 17.7. The first-order valence-electron chi connectivity index (χ1n) is 8.77. The molecule has 0 saturated carbocycles. The van der Waals surface area contributed by atoms with Gasteiger partial charge in [0.05, 0.1) is 5.57 Å². The lowest BCUT2D eigenvalue weighted by Gasteiger charge is -2.28. The second kappa shape index (κ2) is 7.88. The molecule has 1 aliphatic heterocycles. The fourth-order valence-electron chi connectivity index (χ4n) is 3.20. The van der Waals surface area contributed by atoms with Gasteiger partial charge in [0.1, 0.15) is 11.9 Å². The molecular formula is C20H17ClFN5OS. The second-order valence-electron chi connectivity index (χ2n) is 6.45. The molecule has 0 bridgehead atoms. The number of hydrogen-bond acceptors (Lipinski definition) is 5. The number of benzene rings is 2. The maximum Gasteiger partial charge on any atom is 0.255 e. The predicted molar refractivity (Wildman–Crippen MR) is 113 cm³/mol. The molecule has 0 spiro atoms. The first-order valence-corrected chi connectivity index (χ1v) is 10.4. The molecule has 9 heteroatoms. The number of nitrogens with one attached hydrogen (secondary N) is 2. The molecule has 0 radical (unpaired) electrons. The minimum atomic E-state index is -0.489. The Bertz CT molecular complexity index is 1100. The summed E-state index contributed by atoms with van der Waals surface area (Å²) in [6.45, 7) is 1.82. The highest BCUT2D eigenvalue weighted by molar-refractivity contribution is 7.98. The minimum Gasteiger partial charge on any atom is -0.328 e. The average Bonchev–Trinajstić information content (AvgIpc) is 3.12. The van der Waals surface area contributed by atoms with Crippen LogP contribution in [0, 0.1) is 5.82 Å². The molecule has 0 saturated heterocycles. The van der Waals surface area contributed by atoms with Crippen molar-refractivity contribution in [1.82, 2.24) is 14.8 Å². The van der Waals surface area contributed by atoms with Gasteiger partial charge in [-0.15, -0.1) is 5.10 Å². The third kappa shape index (κ3) is 3.86. The molecule has 2 N–H and O–H groups in total. The quantitative estimate of drug-likeness (QED) is 0.587. The van der Waals surface area contributed by atoms with E-state index in [1.807, 2.05) is 25.3 Å². The van der Waals surface area contributed by atoms with E-state index in [2.05, 4.69) is 20.7 Å². The maximum atomic E-state index is 13.2. The highest BCUT2D eigenvalue weighted by atomic mass is 35.5. The van der Waals surface area contributed by atoms with Gasteiger partial charge >= 0.3 is 0 Å². The number of anilines is 2. The van der Waals surface area contributed by atoms with Gasteiger partial charge in [-0.05, 0) is 55.1 Å². The number of allylic oxidation sites excluding steroid dienone is 1. The van der Waals surface area contributed by atoms with Gasteiger partial charge < -0.3 is 10.6 Å². The Morgan fingerprint density at radius 2 is 1.90 bits per heavy atom. The molecular weight excluding hydrogens is 413 g/mol. The number of hydrogen-bond donors (Lipinski definition) is 2. The number of nitrogens with zero attached hydrogens (tertiary/aromatic N) is 3. The van der Waals surface area contributed by atoms with Gasteiger partial charge in [0.2, 0.25) is 11.1 Å². The summed E-state index contributed by atoms with van der Waals surface area (Å²) in [5.74, 6) is -0.118. The number of fused-ring (bicyclic) bond motifs is 1. The number of halogens is 2. The van der Waals surface area contributed by atoms with E-state index in [4.69, 9.17) is 11.6 Å². The Balaban J connectivity index is 1.77. The zero-order valence-corrected chi connectivity index (χ0v) is 17.2. The van der Waals surface area contributed by atoms with Gasteiger partial charge in [-0.25, -0.2) is 9.07 Å². The molecule has 2 heterocycles. The standard InChI is InChI=1S/C20H17ClFN5OS/c1-11-16(18(28)24-15-9-7-14(22)8-10-15)17(12-3-5-13(21)6-4-12)27-19(23-11)25-20(26-27)29-2/h3-10,17H,1-2H3,(H,24,28)(H,23,25,26)/t17-/m1/s1. The van der Waals surface area contributed by atoms with Crippen molar-refractivity contribution in [3.8, 4) is 0 Å². The summed E-state index contributed by atoms with van der Waals surface area (Å²) in [5, 5.41) is 11.7. The van der Waals surface area contributed by atoms with Crippen LogP contribution in [0.3, 0.4) is 0 Å². The van der Waals surface area contributed by atoms with E-state index in [0.29, 0.717) is 33.1 Å². The van der Waals surface area contributed by atoms with E-state index < -0.39 is 6.04 Å². The molecule has 148 valence electrons. The van der Waals surface area contributed by atoms with E-state index in [-0.39, 0.29) is 11.7 Å². The lowest BCUT2D eigenvalue weighted by molar-refractivity contribution is -0.113. The third-order valence-electron chi connectivity index (χ3n) is 4.55. The Morgan fingerprint density at radius 1 is 1.21 bits per heavy atom. The van der Waals surface area contributed by atoms with Crippen molar-refractivity contribution in [2.75, 3.05) is 16.9 Å². The summed E-state index contributed by atoms with van der Waals surface area (Å²) in [7, 11) is 0. The maximum absolute atomic E-state index is 13.2. The Labute approximate surface area is 176 Å². The van der Waals surface area contributed by atoms with Gasteiger partial charge in [-0.2, -0.15) is 4.98 Å². The smallest absolute Gasteiger partial charge is 0.255 e. The molecule has 29 heavy (non-hydrogen) atoms. The normalized spacial score (nSPS) is 15.7. The van der Waals surface area contributed by atoms with Gasteiger partial charge in [0, 0.05) is 16.4 Å². The molecule has 1 aromatic heterocycles. The fourth-order valence-corrected chi connectivity index (χ4v) is 3.67. The number of carbonyl (C=O) groups excluding carboxylic acids is 1. The molecule has 1 amide bonds. The van der Waals surface area contributed by atoms with Crippen molar-refractivity contribution in [2.24, 2.45) is 0 Å². The van der Waals surface area contributed by atoms with Crippen molar-refractivity contribution in [2.45, 2.75) is 18.1 Å². The molecule has 2 aromatic carbocycles. The summed E-state index contributed by atoms with van der Waals surface area (Å²) in [6, 6.07) is 12.4. The monoisotopic (exact) mass is 429 g/mol. The Kier molecular flexibility index (Phi) is 5.29. The lowest BCUT2D eigenvalue weighted by Crippen LogP contribution is -2.31. The van der Waals surface area contributed by atoms with Crippen molar-refractivity contribution in [3.05, 3.63) is 76.2 Å². The predicted octanol–water partition coefficient (Wildman–Crippen LogP) is 4.72. The van der Waals surface area contributed by atoms with Crippen LogP contribution in [0.2, 0.25) is 5.02 Å². The van der Waals surface area contributed by atoms with Crippen molar-refractivity contribution >= 4 is 40.9 Å². The van der Waals surface area contributed by atoms with Gasteiger partial charge in [-0.3, -0.25) is 4.79 Å². The largest absolute Gasteiger partial charge is 0.328 e. The van der Waals surface area contributed by atoms with Crippen LogP contribution in [0.4, 0.5) is 16.0 Å². The molecule has 3 aromatic rings. The molecule has 1 aliphatic rings. The molecule has 4 rings (SSSR count). The number of amides is 1. The highest BCUT2D eigenvalue weighted by Gasteiger charge is 2.34. The Morgan fingerprint density at radius 3 is 2.55 bits per heavy atom. The third-order valence-corrected chi connectivity index (χ3v) is 5.34. The fraction of sp³-hybridized carbons (Fsp3) is 0.150. The highest BCUT2D eigenvalue weighted by Crippen LogP contribution is 2.36. The summed E-state index contributed by atoms with van der Waals surface area (Å²) in [5.41, 5.74) is 2.50. The van der Waals surface area contributed by atoms with Crippen LogP contribution < -0.4 is 10.6 Å². The molecule has 1 atom stereocenters. The van der Waals surface area contributed by atoms with Crippen LogP contribution in [0.25, 0.3) is 0 Å². The number of rotatable bonds is 4.